The van der Waals surface area contributed by atoms with Crippen LogP contribution in [0.2, 0.25) is 0 Å². The van der Waals surface area contributed by atoms with E-state index in [0.29, 0.717) is 13.0 Å². The largest absolute Gasteiger partial charge is 0.391 e. The Labute approximate surface area is 117 Å². The van der Waals surface area contributed by atoms with Gasteiger partial charge in [0.25, 0.3) is 0 Å². The van der Waals surface area contributed by atoms with E-state index in [1.54, 1.807) is 0 Å². The maximum atomic E-state index is 13.0. The Hall–Kier alpha value is 0.0600. The van der Waals surface area contributed by atoms with Crippen LogP contribution in [0.1, 0.15) is 32.1 Å². The molecule has 2 rings (SSSR count). The number of hydrogen-bond donors (Lipinski definition) is 1. The summed E-state index contributed by atoms with van der Waals surface area (Å²) in [5.74, 6) is 0.957. The molecule has 1 saturated carbocycles. The quantitative estimate of drug-likeness (QED) is 0.849. The van der Waals surface area contributed by atoms with E-state index in [9.17, 15) is 13.2 Å². The minimum atomic E-state index is -4.07. The summed E-state index contributed by atoms with van der Waals surface area (Å²) in [6, 6.07) is 0. The summed E-state index contributed by atoms with van der Waals surface area (Å²) in [6.07, 6.45) is -1.08. The van der Waals surface area contributed by atoms with Gasteiger partial charge in [-0.25, -0.2) is 0 Å². The highest BCUT2D eigenvalue weighted by atomic mass is 32.2. The van der Waals surface area contributed by atoms with E-state index in [-0.39, 0.29) is 12.8 Å². The zero-order chi connectivity index (χ0) is 13.9. The van der Waals surface area contributed by atoms with Crippen molar-refractivity contribution in [1.29, 1.82) is 0 Å². The number of rotatable bonds is 2. The average molecular weight is 296 g/mol. The summed E-state index contributed by atoms with van der Waals surface area (Å²) >= 11 is 1.89. The molecular weight excluding hydrogens is 273 g/mol. The lowest BCUT2D eigenvalue weighted by molar-refractivity contribution is -0.193. The fourth-order valence-corrected chi connectivity index (χ4v) is 4.33. The molecule has 0 amide bonds. The molecule has 0 aromatic heterocycles. The minimum Gasteiger partial charge on any atom is -0.329 e. The molecule has 0 radical (unpaired) electrons. The molecule has 1 saturated heterocycles. The number of thioether (sulfide) groups is 1. The number of hydrogen-bond acceptors (Lipinski definition) is 3. The third-order valence-corrected chi connectivity index (χ3v) is 5.61. The SMILES string of the molecule is NCC1(N2CCCSCC2)CCCC(C(F)(F)F)C1. The van der Waals surface area contributed by atoms with E-state index in [0.717, 1.165) is 37.4 Å². The predicted octanol–water partition coefficient (Wildman–Crippen LogP) is 2.88. The first-order valence-electron chi connectivity index (χ1n) is 7.07. The van der Waals surface area contributed by atoms with Gasteiger partial charge in [0.1, 0.15) is 0 Å². The normalized spacial score (nSPS) is 35.1. The highest BCUT2D eigenvalue weighted by molar-refractivity contribution is 7.99. The Morgan fingerprint density at radius 1 is 1.21 bits per heavy atom. The van der Waals surface area contributed by atoms with Crippen molar-refractivity contribution in [2.75, 3.05) is 31.1 Å². The van der Waals surface area contributed by atoms with Crippen LogP contribution in [0.5, 0.6) is 0 Å². The summed E-state index contributed by atoms with van der Waals surface area (Å²) < 4.78 is 39.0. The van der Waals surface area contributed by atoms with Gasteiger partial charge in [-0.3, -0.25) is 4.90 Å². The molecule has 0 aromatic rings. The molecule has 1 aliphatic carbocycles. The monoisotopic (exact) mass is 296 g/mol. The Balaban J connectivity index is 2.11. The van der Waals surface area contributed by atoms with E-state index < -0.39 is 17.6 Å². The maximum absolute atomic E-state index is 13.0. The fraction of sp³-hybridized carbons (Fsp3) is 1.00. The van der Waals surface area contributed by atoms with Gasteiger partial charge in [0, 0.05) is 24.4 Å². The van der Waals surface area contributed by atoms with Gasteiger partial charge in [-0.05, 0) is 38.0 Å². The van der Waals surface area contributed by atoms with Crippen molar-refractivity contribution < 1.29 is 13.2 Å². The van der Waals surface area contributed by atoms with Crippen LogP contribution in [-0.2, 0) is 0 Å². The second-order valence-electron chi connectivity index (χ2n) is 5.72. The lowest BCUT2D eigenvalue weighted by atomic mass is 9.74. The molecule has 19 heavy (non-hydrogen) atoms. The maximum Gasteiger partial charge on any atom is 0.391 e. The Bertz CT molecular complexity index is 290. The zero-order valence-corrected chi connectivity index (χ0v) is 12.0. The number of nitrogens with two attached hydrogens (primary N) is 1. The zero-order valence-electron chi connectivity index (χ0n) is 11.2. The lowest BCUT2D eigenvalue weighted by Gasteiger charge is -2.48. The standard InChI is InChI=1S/C13H23F3N2S/c14-13(15,16)11-3-1-4-12(9-11,10-17)18-5-2-7-19-8-6-18/h11H,1-10,17H2. The van der Waals surface area contributed by atoms with Crippen LogP contribution in [0.15, 0.2) is 0 Å². The molecule has 2 fully saturated rings. The molecule has 0 aromatic carbocycles. The second-order valence-corrected chi connectivity index (χ2v) is 6.94. The van der Waals surface area contributed by atoms with Gasteiger partial charge < -0.3 is 5.73 Å². The van der Waals surface area contributed by atoms with Crippen LogP contribution in [0.4, 0.5) is 13.2 Å². The van der Waals surface area contributed by atoms with E-state index in [1.165, 1.54) is 0 Å². The van der Waals surface area contributed by atoms with Crippen molar-refractivity contribution >= 4 is 11.8 Å². The van der Waals surface area contributed by atoms with Crippen LogP contribution in [0.25, 0.3) is 0 Å². The molecular formula is C13H23F3N2S. The average Bonchev–Trinajstić information content (AvgIpc) is 2.67. The minimum absolute atomic E-state index is 0.192. The topological polar surface area (TPSA) is 29.3 Å². The molecule has 1 aliphatic heterocycles. The van der Waals surface area contributed by atoms with Crippen LogP contribution >= 0.6 is 11.8 Å². The Morgan fingerprint density at radius 3 is 2.68 bits per heavy atom. The molecule has 2 N–H and O–H groups in total. The van der Waals surface area contributed by atoms with Gasteiger partial charge in [0.05, 0.1) is 5.92 Å². The first kappa shape index (κ1) is 15.4. The molecule has 112 valence electrons. The first-order valence-corrected chi connectivity index (χ1v) is 8.23. The van der Waals surface area contributed by atoms with Crippen LogP contribution in [-0.4, -0.2) is 47.8 Å². The molecule has 0 spiro atoms. The van der Waals surface area contributed by atoms with Crippen molar-refractivity contribution in [3.63, 3.8) is 0 Å². The highest BCUT2D eigenvalue weighted by Crippen LogP contribution is 2.44. The van der Waals surface area contributed by atoms with Gasteiger partial charge >= 0.3 is 6.18 Å². The van der Waals surface area contributed by atoms with Crippen LogP contribution in [0.3, 0.4) is 0 Å². The summed E-state index contributed by atoms with van der Waals surface area (Å²) in [7, 11) is 0. The molecule has 2 nitrogen and oxygen atoms in total. The smallest absolute Gasteiger partial charge is 0.329 e. The third kappa shape index (κ3) is 3.58. The van der Waals surface area contributed by atoms with Crippen molar-refractivity contribution in [3.8, 4) is 0 Å². The summed E-state index contributed by atoms with van der Waals surface area (Å²) in [4.78, 5) is 2.25. The van der Waals surface area contributed by atoms with Crippen molar-refractivity contribution in [1.82, 2.24) is 4.90 Å². The van der Waals surface area contributed by atoms with Crippen molar-refractivity contribution in [2.45, 2.75) is 43.8 Å². The fourth-order valence-electron chi connectivity index (χ4n) is 3.44. The number of nitrogens with zero attached hydrogens (tertiary/aromatic N) is 1. The third-order valence-electron chi connectivity index (χ3n) is 4.56. The summed E-state index contributed by atoms with van der Waals surface area (Å²) in [5, 5.41) is 0. The number of alkyl halides is 3. The van der Waals surface area contributed by atoms with Crippen LogP contribution in [0, 0.1) is 5.92 Å². The Kier molecular flexibility index (Phi) is 5.06. The molecule has 2 unspecified atom stereocenters. The van der Waals surface area contributed by atoms with E-state index >= 15 is 0 Å². The summed E-state index contributed by atoms with van der Waals surface area (Å²) in [6.45, 7) is 2.13. The first-order chi connectivity index (χ1) is 8.98. The van der Waals surface area contributed by atoms with Crippen molar-refractivity contribution in [3.05, 3.63) is 0 Å². The van der Waals surface area contributed by atoms with E-state index in [1.807, 2.05) is 11.8 Å². The van der Waals surface area contributed by atoms with Crippen molar-refractivity contribution in [2.24, 2.45) is 11.7 Å². The van der Waals surface area contributed by atoms with Gasteiger partial charge in [-0.2, -0.15) is 24.9 Å². The van der Waals surface area contributed by atoms with Gasteiger partial charge in [-0.15, -0.1) is 0 Å². The van der Waals surface area contributed by atoms with Gasteiger partial charge in [0.15, 0.2) is 0 Å². The van der Waals surface area contributed by atoms with Gasteiger partial charge in [-0.1, -0.05) is 6.42 Å². The molecule has 2 aliphatic rings. The molecule has 1 heterocycles. The van der Waals surface area contributed by atoms with Crippen LogP contribution < -0.4 is 5.73 Å². The number of halogens is 3. The second kappa shape index (κ2) is 6.22. The van der Waals surface area contributed by atoms with E-state index in [4.69, 9.17) is 5.73 Å². The molecule has 2 atom stereocenters. The van der Waals surface area contributed by atoms with Gasteiger partial charge in [0.2, 0.25) is 0 Å². The Morgan fingerprint density at radius 2 is 2.00 bits per heavy atom. The predicted molar refractivity (Wildman–Crippen MR) is 73.3 cm³/mol. The lowest BCUT2D eigenvalue weighted by Crippen LogP contribution is -2.58. The highest BCUT2D eigenvalue weighted by Gasteiger charge is 2.49. The molecule has 0 bridgehead atoms. The summed E-state index contributed by atoms with van der Waals surface area (Å²) in [5.41, 5.74) is 5.50. The molecule has 6 heteroatoms. The van der Waals surface area contributed by atoms with E-state index in [2.05, 4.69) is 4.90 Å².